The summed E-state index contributed by atoms with van der Waals surface area (Å²) in [6.45, 7) is 3.71. The molecule has 1 fully saturated rings. The number of aliphatic carboxylic acids is 1. The Bertz CT molecular complexity index is 309. The van der Waals surface area contributed by atoms with Gasteiger partial charge in [0.1, 0.15) is 0 Å². The van der Waals surface area contributed by atoms with E-state index in [2.05, 4.69) is 5.32 Å². The molecule has 6 heteroatoms. The van der Waals surface area contributed by atoms with E-state index in [-0.39, 0.29) is 30.9 Å². The van der Waals surface area contributed by atoms with Crippen molar-refractivity contribution in [1.82, 2.24) is 10.2 Å². The fourth-order valence-corrected chi connectivity index (χ4v) is 2.35. The van der Waals surface area contributed by atoms with Crippen LogP contribution in [-0.2, 0) is 4.79 Å². The number of amides is 2. The second-order valence-electron chi connectivity index (χ2n) is 5.20. The highest BCUT2D eigenvalue weighted by Gasteiger charge is 2.23. The van der Waals surface area contributed by atoms with E-state index in [1.807, 2.05) is 6.92 Å². The number of likely N-dealkylation sites (tertiary alicyclic amines) is 1. The highest BCUT2D eigenvalue weighted by molar-refractivity contribution is 5.74. The molecular weight excluding hydrogens is 248 g/mol. The molecule has 0 aromatic carbocycles. The number of carboxylic acid groups (broad SMARTS) is 1. The topological polar surface area (TPSA) is 89.9 Å². The zero-order valence-corrected chi connectivity index (χ0v) is 11.5. The zero-order valence-electron chi connectivity index (χ0n) is 11.5. The summed E-state index contributed by atoms with van der Waals surface area (Å²) in [4.78, 5) is 24.3. The largest absolute Gasteiger partial charge is 0.481 e. The summed E-state index contributed by atoms with van der Waals surface area (Å²) in [7, 11) is 0. The van der Waals surface area contributed by atoms with E-state index in [4.69, 9.17) is 10.2 Å². The molecule has 1 aliphatic heterocycles. The van der Waals surface area contributed by atoms with Crippen molar-refractivity contribution < 1.29 is 19.8 Å². The van der Waals surface area contributed by atoms with Crippen molar-refractivity contribution in [2.24, 2.45) is 11.8 Å². The van der Waals surface area contributed by atoms with Crippen LogP contribution in [0.4, 0.5) is 4.79 Å². The Morgan fingerprint density at radius 3 is 2.79 bits per heavy atom. The van der Waals surface area contributed by atoms with E-state index in [0.717, 1.165) is 19.3 Å². The lowest BCUT2D eigenvalue weighted by molar-refractivity contribution is -0.138. The molecule has 19 heavy (non-hydrogen) atoms. The van der Waals surface area contributed by atoms with E-state index in [1.165, 1.54) is 0 Å². The van der Waals surface area contributed by atoms with Gasteiger partial charge in [0.25, 0.3) is 0 Å². The van der Waals surface area contributed by atoms with Gasteiger partial charge < -0.3 is 20.4 Å². The molecule has 110 valence electrons. The van der Waals surface area contributed by atoms with Gasteiger partial charge in [-0.2, -0.15) is 0 Å². The van der Waals surface area contributed by atoms with Crippen molar-refractivity contribution in [3.63, 3.8) is 0 Å². The van der Waals surface area contributed by atoms with Crippen molar-refractivity contribution in [2.45, 2.75) is 32.6 Å². The SMILES string of the molecule is CCC(CNC(=O)N1CCCC(CO)C1)CC(=O)O. The molecule has 3 N–H and O–H groups in total. The van der Waals surface area contributed by atoms with Crippen LogP contribution >= 0.6 is 0 Å². The number of aliphatic hydroxyl groups is 1. The Hall–Kier alpha value is -1.30. The van der Waals surface area contributed by atoms with E-state index >= 15 is 0 Å². The van der Waals surface area contributed by atoms with Crippen LogP contribution in [0.25, 0.3) is 0 Å². The van der Waals surface area contributed by atoms with Crippen LogP contribution in [0.15, 0.2) is 0 Å². The van der Waals surface area contributed by atoms with Gasteiger partial charge in [-0.05, 0) is 24.7 Å². The molecule has 2 atom stereocenters. The first-order valence-electron chi connectivity index (χ1n) is 6.92. The molecule has 0 bridgehead atoms. The molecule has 0 spiro atoms. The molecule has 0 aromatic heterocycles. The monoisotopic (exact) mass is 272 g/mol. The number of aliphatic hydroxyl groups excluding tert-OH is 1. The summed E-state index contributed by atoms with van der Waals surface area (Å²) in [6.07, 6.45) is 2.67. The molecule has 2 amide bonds. The maximum atomic E-state index is 12.0. The maximum Gasteiger partial charge on any atom is 0.317 e. The first kappa shape index (κ1) is 15.8. The molecule has 1 rings (SSSR count). The predicted octanol–water partition coefficient (Wildman–Crippen LogP) is 0.901. The highest BCUT2D eigenvalue weighted by atomic mass is 16.4. The summed E-state index contributed by atoms with van der Waals surface area (Å²) in [5.74, 6) is -0.695. The van der Waals surface area contributed by atoms with Gasteiger partial charge in [0.15, 0.2) is 0 Å². The van der Waals surface area contributed by atoms with Gasteiger partial charge in [0, 0.05) is 32.7 Å². The number of carbonyl (C=O) groups excluding carboxylic acids is 1. The quantitative estimate of drug-likeness (QED) is 0.670. The lowest BCUT2D eigenvalue weighted by Crippen LogP contribution is -2.47. The lowest BCUT2D eigenvalue weighted by atomic mass is 9.99. The second-order valence-corrected chi connectivity index (χ2v) is 5.20. The Morgan fingerprint density at radius 1 is 1.47 bits per heavy atom. The van der Waals surface area contributed by atoms with Crippen molar-refractivity contribution in [3.05, 3.63) is 0 Å². The normalized spacial score (nSPS) is 20.9. The minimum Gasteiger partial charge on any atom is -0.481 e. The van der Waals surface area contributed by atoms with Crippen LogP contribution in [0.2, 0.25) is 0 Å². The minimum absolute atomic E-state index is 0.0279. The predicted molar refractivity (Wildman–Crippen MR) is 70.8 cm³/mol. The number of rotatable bonds is 6. The van der Waals surface area contributed by atoms with Crippen molar-refractivity contribution in [2.75, 3.05) is 26.2 Å². The summed E-state index contributed by atoms with van der Waals surface area (Å²) in [5, 5.41) is 20.7. The fraction of sp³-hybridized carbons (Fsp3) is 0.846. The number of carboxylic acids is 1. The fourth-order valence-electron chi connectivity index (χ4n) is 2.35. The number of nitrogens with one attached hydrogen (secondary N) is 1. The third kappa shape index (κ3) is 5.46. The van der Waals surface area contributed by atoms with E-state index in [1.54, 1.807) is 4.90 Å². The molecule has 0 aliphatic carbocycles. The van der Waals surface area contributed by atoms with Gasteiger partial charge in [-0.15, -0.1) is 0 Å². The molecule has 0 radical (unpaired) electrons. The molecule has 6 nitrogen and oxygen atoms in total. The standard InChI is InChI=1S/C13H24N2O4/c1-2-10(6-12(17)18)7-14-13(19)15-5-3-4-11(8-15)9-16/h10-11,16H,2-9H2,1H3,(H,14,19)(H,17,18). The average Bonchev–Trinajstić information content (AvgIpc) is 2.42. The second kappa shape index (κ2) is 7.99. The molecule has 0 aromatic rings. The van der Waals surface area contributed by atoms with E-state index < -0.39 is 5.97 Å². The van der Waals surface area contributed by atoms with Crippen LogP contribution in [0.3, 0.4) is 0 Å². The Labute approximate surface area is 113 Å². The molecule has 2 unspecified atom stereocenters. The van der Waals surface area contributed by atoms with Gasteiger partial charge in [0.2, 0.25) is 0 Å². The van der Waals surface area contributed by atoms with Gasteiger partial charge >= 0.3 is 12.0 Å². The summed E-state index contributed by atoms with van der Waals surface area (Å²) < 4.78 is 0. The third-order valence-electron chi connectivity index (χ3n) is 3.65. The lowest BCUT2D eigenvalue weighted by Gasteiger charge is -2.32. The van der Waals surface area contributed by atoms with Crippen molar-refractivity contribution >= 4 is 12.0 Å². The first-order chi connectivity index (χ1) is 9.06. The average molecular weight is 272 g/mol. The Balaban J connectivity index is 2.35. The number of hydrogen-bond acceptors (Lipinski definition) is 3. The van der Waals surface area contributed by atoms with E-state index in [9.17, 15) is 9.59 Å². The maximum absolute atomic E-state index is 12.0. The summed E-state index contributed by atoms with van der Waals surface area (Å²) >= 11 is 0. The van der Waals surface area contributed by atoms with Gasteiger partial charge in [-0.25, -0.2) is 4.79 Å². The number of piperidine rings is 1. The van der Waals surface area contributed by atoms with Crippen LogP contribution in [0, 0.1) is 11.8 Å². The Morgan fingerprint density at radius 2 is 2.21 bits per heavy atom. The minimum atomic E-state index is -0.834. The van der Waals surface area contributed by atoms with Crippen LogP contribution < -0.4 is 5.32 Å². The van der Waals surface area contributed by atoms with Gasteiger partial charge in [-0.1, -0.05) is 13.3 Å². The van der Waals surface area contributed by atoms with Crippen molar-refractivity contribution in [3.8, 4) is 0 Å². The number of urea groups is 1. The molecule has 1 saturated heterocycles. The third-order valence-corrected chi connectivity index (χ3v) is 3.65. The summed E-state index contributed by atoms with van der Waals surface area (Å²) in [6, 6.07) is -0.151. The first-order valence-corrected chi connectivity index (χ1v) is 6.92. The number of hydrogen-bond donors (Lipinski definition) is 3. The smallest absolute Gasteiger partial charge is 0.317 e. The van der Waals surface area contributed by atoms with Gasteiger partial charge in [0.05, 0.1) is 0 Å². The van der Waals surface area contributed by atoms with Crippen LogP contribution in [0.1, 0.15) is 32.6 Å². The highest BCUT2D eigenvalue weighted by Crippen LogP contribution is 2.16. The molecule has 0 saturated carbocycles. The van der Waals surface area contributed by atoms with E-state index in [0.29, 0.717) is 19.6 Å². The number of nitrogens with zero attached hydrogens (tertiary/aromatic N) is 1. The number of carbonyl (C=O) groups is 2. The zero-order chi connectivity index (χ0) is 14.3. The van der Waals surface area contributed by atoms with Crippen LogP contribution in [0.5, 0.6) is 0 Å². The molecular formula is C13H24N2O4. The van der Waals surface area contributed by atoms with Crippen molar-refractivity contribution in [1.29, 1.82) is 0 Å². The molecule has 1 heterocycles. The summed E-state index contributed by atoms with van der Waals surface area (Å²) in [5.41, 5.74) is 0. The van der Waals surface area contributed by atoms with Crippen LogP contribution in [-0.4, -0.2) is 53.4 Å². The Kier molecular flexibility index (Phi) is 6.62. The van der Waals surface area contributed by atoms with Gasteiger partial charge in [-0.3, -0.25) is 4.79 Å². The molecule has 1 aliphatic rings.